The van der Waals surface area contributed by atoms with Crippen molar-refractivity contribution in [3.63, 3.8) is 0 Å². The van der Waals surface area contributed by atoms with Gasteiger partial charge in [-0.1, -0.05) is 26.0 Å². The first-order chi connectivity index (χ1) is 8.89. The summed E-state index contributed by atoms with van der Waals surface area (Å²) in [4.78, 5) is 0. The van der Waals surface area contributed by atoms with Crippen LogP contribution in [-0.4, -0.2) is 30.9 Å². The topological polar surface area (TPSA) is 41.5 Å². The van der Waals surface area contributed by atoms with Gasteiger partial charge in [0.2, 0.25) is 0 Å². The van der Waals surface area contributed by atoms with Crippen LogP contribution in [0.4, 0.5) is 0 Å². The van der Waals surface area contributed by atoms with Crippen LogP contribution in [0.3, 0.4) is 0 Å². The maximum absolute atomic E-state index is 9.20. The predicted molar refractivity (Wildman–Crippen MR) is 80.0 cm³/mol. The van der Waals surface area contributed by atoms with Gasteiger partial charge in [0, 0.05) is 5.54 Å². The van der Waals surface area contributed by atoms with E-state index < -0.39 is 0 Å². The van der Waals surface area contributed by atoms with Crippen LogP contribution in [0.25, 0.3) is 0 Å². The van der Waals surface area contributed by atoms with E-state index in [0.29, 0.717) is 5.92 Å². The quantitative estimate of drug-likeness (QED) is 0.796. The number of ether oxygens (including phenoxy) is 1. The summed E-state index contributed by atoms with van der Waals surface area (Å²) < 4.78 is 5.39. The molecule has 0 aromatic heterocycles. The highest BCUT2D eigenvalue weighted by molar-refractivity contribution is 5.39. The third-order valence-corrected chi connectivity index (χ3v) is 3.33. The Balaban J connectivity index is 2.67. The van der Waals surface area contributed by atoms with E-state index >= 15 is 0 Å². The molecule has 0 heterocycles. The standard InChI is InChI=1S/C16H27NO2/c1-12(2)14-10-13(6-7-15(14)19-5)8-9-17-16(3,4)11-18/h6-7,10,12,17-18H,8-9,11H2,1-5H3. The molecule has 1 aromatic rings. The molecule has 0 saturated carbocycles. The first-order valence-electron chi connectivity index (χ1n) is 6.92. The molecule has 0 aliphatic rings. The average Bonchev–Trinajstić information content (AvgIpc) is 2.38. The fraction of sp³-hybridized carbons (Fsp3) is 0.625. The van der Waals surface area contributed by atoms with Gasteiger partial charge in [-0.3, -0.25) is 0 Å². The lowest BCUT2D eigenvalue weighted by Gasteiger charge is -2.23. The second-order valence-corrected chi connectivity index (χ2v) is 5.95. The van der Waals surface area contributed by atoms with E-state index in [-0.39, 0.29) is 12.1 Å². The third-order valence-electron chi connectivity index (χ3n) is 3.33. The highest BCUT2D eigenvalue weighted by atomic mass is 16.5. The van der Waals surface area contributed by atoms with Crippen molar-refractivity contribution in [2.45, 2.75) is 45.6 Å². The highest BCUT2D eigenvalue weighted by Crippen LogP contribution is 2.27. The van der Waals surface area contributed by atoms with Gasteiger partial charge in [-0.25, -0.2) is 0 Å². The Morgan fingerprint density at radius 1 is 1.32 bits per heavy atom. The molecule has 0 unspecified atom stereocenters. The smallest absolute Gasteiger partial charge is 0.122 e. The molecule has 0 saturated heterocycles. The van der Waals surface area contributed by atoms with E-state index in [4.69, 9.17) is 4.74 Å². The Bertz CT molecular complexity index is 400. The fourth-order valence-electron chi connectivity index (χ4n) is 1.99. The zero-order valence-corrected chi connectivity index (χ0v) is 12.8. The van der Waals surface area contributed by atoms with E-state index in [1.54, 1.807) is 7.11 Å². The second-order valence-electron chi connectivity index (χ2n) is 5.95. The lowest BCUT2D eigenvalue weighted by molar-refractivity contribution is 0.189. The molecule has 108 valence electrons. The Morgan fingerprint density at radius 3 is 2.53 bits per heavy atom. The summed E-state index contributed by atoms with van der Waals surface area (Å²) >= 11 is 0. The summed E-state index contributed by atoms with van der Waals surface area (Å²) in [7, 11) is 1.71. The van der Waals surface area contributed by atoms with Crippen molar-refractivity contribution in [1.29, 1.82) is 0 Å². The molecule has 0 atom stereocenters. The van der Waals surface area contributed by atoms with Crippen molar-refractivity contribution >= 4 is 0 Å². The molecule has 0 spiro atoms. The molecule has 3 nitrogen and oxygen atoms in total. The van der Waals surface area contributed by atoms with Gasteiger partial charge >= 0.3 is 0 Å². The van der Waals surface area contributed by atoms with Gasteiger partial charge in [0.25, 0.3) is 0 Å². The molecular weight excluding hydrogens is 238 g/mol. The summed E-state index contributed by atoms with van der Waals surface area (Å²) in [5.74, 6) is 1.42. The number of nitrogens with one attached hydrogen (secondary N) is 1. The van der Waals surface area contributed by atoms with Gasteiger partial charge in [0.05, 0.1) is 13.7 Å². The van der Waals surface area contributed by atoms with Crippen molar-refractivity contribution in [1.82, 2.24) is 5.32 Å². The lowest BCUT2D eigenvalue weighted by atomic mass is 9.98. The Morgan fingerprint density at radius 2 is 2.00 bits per heavy atom. The number of aliphatic hydroxyl groups excluding tert-OH is 1. The van der Waals surface area contributed by atoms with Gasteiger partial charge in [-0.15, -0.1) is 0 Å². The minimum Gasteiger partial charge on any atom is -0.496 e. The zero-order valence-electron chi connectivity index (χ0n) is 12.8. The van der Waals surface area contributed by atoms with E-state index in [9.17, 15) is 5.11 Å². The molecule has 0 amide bonds. The van der Waals surface area contributed by atoms with Crippen LogP contribution in [0.15, 0.2) is 18.2 Å². The van der Waals surface area contributed by atoms with Crippen LogP contribution in [-0.2, 0) is 6.42 Å². The van der Waals surface area contributed by atoms with Gasteiger partial charge in [-0.2, -0.15) is 0 Å². The van der Waals surface area contributed by atoms with E-state index in [0.717, 1.165) is 18.7 Å². The first-order valence-corrected chi connectivity index (χ1v) is 6.92. The summed E-state index contributed by atoms with van der Waals surface area (Å²) in [5, 5.41) is 12.6. The van der Waals surface area contributed by atoms with Crippen molar-refractivity contribution < 1.29 is 9.84 Å². The van der Waals surface area contributed by atoms with E-state index in [1.807, 2.05) is 19.9 Å². The second kappa shape index (κ2) is 6.92. The van der Waals surface area contributed by atoms with Crippen molar-refractivity contribution in [3.05, 3.63) is 29.3 Å². The van der Waals surface area contributed by atoms with Gasteiger partial charge in [0.1, 0.15) is 5.75 Å². The maximum atomic E-state index is 9.20. The average molecular weight is 265 g/mol. The Hall–Kier alpha value is -1.06. The van der Waals surface area contributed by atoms with Crippen LogP contribution < -0.4 is 10.1 Å². The molecule has 3 heteroatoms. The molecular formula is C16H27NO2. The number of benzene rings is 1. The van der Waals surface area contributed by atoms with Crippen LogP contribution >= 0.6 is 0 Å². The minimum atomic E-state index is -0.215. The number of methoxy groups -OCH3 is 1. The minimum absolute atomic E-state index is 0.146. The Kier molecular flexibility index (Phi) is 5.83. The van der Waals surface area contributed by atoms with Gasteiger partial charge in [0.15, 0.2) is 0 Å². The summed E-state index contributed by atoms with van der Waals surface area (Å²) in [6.07, 6.45) is 0.952. The first kappa shape index (κ1) is 16.0. The van der Waals surface area contributed by atoms with Crippen molar-refractivity contribution in [2.75, 3.05) is 20.3 Å². The molecule has 0 aliphatic heterocycles. The summed E-state index contributed by atoms with van der Waals surface area (Å²) in [6, 6.07) is 6.37. The van der Waals surface area contributed by atoms with Gasteiger partial charge < -0.3 is 15.2 Å². The van der Waals surface area contributed by atoms with Crippen LogP contribution in [0.5, 0.6) is 5.75 Å². The van der Waals surface area contributed by atoms with Gasteiger partial charge in [-0.05, 0) is 49.9 Å². The Labute approximate surface area is 117 Å². The SMILES string of the molecule is COc1ccc(CCNC(C)(C)CO)cc1C(C)C. The zero-order chi connectivity index (χ0) is 14.5. The number of hydrogen-bond donors (Lipinski definition) is 2. The maximum Gasteiger partial charge on any atom is 0.122 e. The van der Waals surface area contributed by atoms with E-state index in [1.165, 1.54) is 11.1 Å². The normalized spacial score (nSPS) is 11.9. The van der Waals surface area contributed by atoms with Crippen molar-refractivity contribution in [2.24, 2.45) is 0 Å². The molecule has 0 bridgehead atoms. The lowest BCUT2D eigenvalue weighted by Crippen LogP contribution is -2.43. The number of rotatable bonds is 7. The van der Waals surface area contributed by atoms with Crippen LogP contribution in [0.1, 0.15) is 44.7 Å². The highest BCUT2D eigenvalue weighted by Gasteiger charge is 2.14. The molecule has 1 rings (SSSR count). The molecule has 0 fully saturated rings. The predicted octanol–water partition coefficient (Wildman–Crippen LogP) is 2.72. The van der Waals surface area contributed by atoms with Crippen LogP contribution in [0, 0.1) is 0 Å². The largest absolute Gasteiger partial charge is 0.496 e. The summed E-state index contributed by atoms with van der Waals surface area (Å²) in [6.45, 7) is 9.36. The summed E-state index contributed by atoms with van der Waals surface area (Å²) in [5.41, 5.74) is 2.33. The molecule has 2 N–H and O–H groups in total. The third kappa shape index (κ3) is 4.84. The van der Waals surface area contributed by atoms with E-state index in [2.05, 4.69) is 31.3 Å². The molecule has 0 radical (unpaired) electrons. The fourth-order valence-corrected chi connectivity index (χ4v) is 1.99. The van der Waals surface area contributed by atoms with Crippen LogP contribution in [0.2, 0.25) is 0 Å². The molecule has 19 heavy (non-hydrogen) atoms. The molecule has 1 aromatic carbocycles. The number of aliphatic hydroxyl groups is 1. The van der Waals surface area contributed by atoms with Crippen molar-refractivity contribution in [3.8, 4) is 5.75 Å². The number of hydrogen-bond acceptors (Lipinski definition) is 3. The molecule has 0 aliphatic carbocycles. The monoisotopic (exact) mass is 265 g/mol.